The topological polar surface area (TPSA) is 111 Å². The molecule has 0 saturated heterocycles. The van der Waals surface area contributed by atoms with Crippen molar-refractivity contribution in [3.05, 3.63) is 33.9 Å². The predicted molar refractivity (Wildman–Crippen MR) is 83.1 cm³/mol. The van der Waals surface area contributed by atoms with Crippen LogP contribution in [0.1, 0.15) is 5.56 Å². The van der Waals surface area contributed by atoms with Crippen LogP contribution >= 0.6 is 12.0 Å². The molecule has 1 aromatic carbocycles. The van der Waals surface area contributed by atoms with Gasteiger partial charge in [0.05, 0.1) is 0 Å². The molecule has 0 amide bonds. The molecule has 8 nitrogen and oxygen atoms in total. The Hall–Kier alpha value is -1.32. The maximum atomic E-state index is 11.1. The van der Waals surface area contributed by atoms with Gasteiger partial charge in [0.2, 0.25) is 0 Å². The van der Waals surface area contributed by atoms with Gasteiger partial charge in [-0.3, -0.25) is 0 Å². The van der Waals surface area contributed by atoms with Crippen molar-refractivity contribution in [1.29, 1.82) is 0 Å². The molecule has 0 aromatic heterocycles. The number of nitro benzene ring substituents is 1. The van der Waals surface area contributed by atoms with Crippen LogP contribution in [0, 0.1) is 10.1 Å². The van der Waals surface area contributed by atoms with Gasteiger partial charge in [-0.2, -0.15) is 0 Å². The van der Waals surface area contributed by atoms with E-state index in [1.165, 1.54) is 26.4 Å². The standard InChI is InChI=1S/C12H16N2O6SSe/c1-19-9-3-4-11(14(17)18)8(5-9)7-22-13-10(12(15)16)6-21-20-2/h3-5,10,13H,6-7H2,1-2H3,(H,15,16). The summed E-state index contributed by atoms with van der Waals surface area (Å²) < 4.78 is 12.7. The minimum atomic E-state index is -0.980. The van der Waals surface area contributed by atoms with Crippen molar-refractivity contribution in [1.82, 2.24) is 4.33 Å². The monoisotopic (exact) mass is 396 g/mol. The third-order valence-electron chi connectivity index (χ3n) is 2.59. The number of methoxy groups -OCH3 is 1. The van der Waals surface area contributed by atoms with E-state index in [4.69, 9.17) is 14.0 Å². The Bertz CT molecular complexity index is 530. The van der Waals surface area contributed by atoms with Crippen molar-refractivity contribution < 1.29 is 23.7 Å². The molecule has 1 atom stereocenters. The summed E-state index contributed by atoms with van der Waals surface area (Å²) in [6.45, 7) is 0. The summed E-state index contributed by atoms with van der Waals surface area (Å²) >= 11 is 0.732. The van der Waals surface area contributed by atoms with Crippen molar-refractivity contribution in [3.63, 3.8) is 0 Å². The van der Waals surface area contributed by atoms with Gasteiger partial charge in [0.15, 0.2) is 0 Å². The minimum absolute atomic E-state index is 0.00242. The van der Waals surface area contributed by atoms with E-state index in [0.717, 1.165) is 12.0 Å². The molecule has 0 aliphatic rings. The number of carboxylic acids is 1. The van der Waals surface area contributed by atoms with Crippen LogP contribution in [0.25, 0.3) is 0 Å². The molecule has 1 aromatic rings. The number of carboxylic acid groups (broad SMARTS) is 1. The van der Waals surface area contributed by atoms with Gasteiger partial charge in [0.25, 0.3) is 0 Å². The van der Waals surface area contributed by atoms with Crippen LogP contribution in [-0.2, 0) is 14.3 Å². The van der Waals surface area contributed by atoms with Crippen molar-refractivity contribution in [3.8, 4) is 5.75 Å². The Morgan fingerprint density at radius 2 is 2.27 bits per heavy atom. The Balaban J connectivity index is 2.69. The number of aliphatic carboxylic acids is 1. The summed E-state index contributed by atoms with van der Waals surface area (Å²) in [5, 5.41) is 20.5. The molecular weight excluding hydrogens is 379 g/mol. The van der Waals surface area contributed by atoms with Crippen molar-refractivity contribution in [2.45, 2.75) is 11.4 Å². The van der Waals surface area contributed by atoms with Crippen LogP contribution in [0.3, 0.4) is 0 Å². The molecule has 22 heavy (non-hydrogen) atoms. The van der Waals surface area contributed by atoms with Gasteiger partial charge in [0.1, 0.15) is 0 Å². The van der Waals surface area contributed by atoms with Crippen molar-refractivity contribution >= 4 is 38.9 Å². The molecule has 122 valence electrons. The van der Waals surface area contributed by atoms with Gasteiger partial charge in [-0.15, -0.1) is 0 Å². The Kier molecular flexibility index (Phi) is 8.21. The molecule has 1 unspecified atom stereocenters. The molecule has 0 aliphatic heterocycles. The molecule has 0 fully saturated rings. The summed E-state index contributed by atoms with van der Waals surface area (Å²) in [5.74, 6) is -0.193. The SMILES string of the molecule is COSCC(N[Se]Cc1cc(OC)ccc1[N+](=O)[O-])C(=O)O. The molecule has 0 spiro atoms. The second-order valence-electron chi connectivity index (χ2n) is 4.00. The molecule has 2 N–H and O–H groups in total. The molecule has 1 rings (SSSR count). The summed E-state index contributed by atoms with van der Waals surface area (Å²) in [4.78, 5) is 21.6. The summed E-state index contributed by atoms with van der Waals surface area (Å²) in [6.07, 6.45) is 0. The van der Waals surface area contributed by atoms with Gasteiger partial charge >= 0.3 is 138 Å². The van der Waals surface area contributed by atoms with Gasteiger partial charge in [-0.25, -0.2) is 0 Å². The van der Waals surface area contributed by atoms with Crippen LogP contribution in [0.2, 0.25) is 0 Å². The Morgan fingerprint density at radius 1 is 1.55 bits per heavy atom. The van der Waals surface area contributed by atoms with E-state index < -0.39 is 16.9 Å². The zero-order chi connectivity index (χ0) is 16.5. The maximum absolute atomic E-state index is 11.1. The van der Waals surface area contributed by atoms with E-state index in [-0.39, 0.29) is 26.6 Å². The van der Waals surface area contributed by atoms with E-state index in [1.54, 1.807) is 6.07 Å². The number of nitro groups is 1. The second kappa shape index (κ2) is 9.65. The quantitative estimate of drug-likeness (QED) is 0.262. The first-order valence-electron chi connectivity index (χ1n) is 6.06. The first kappa shape index (κ1) is 18.7. The molecule has 0 bridgehead atoms. The molecule has 0 heterocycles. The molecule has 10 heteroatoms. The summed E-state index contributed by atoms with van der Waals surface area (Å²) in [6, 6.07) is 3.76. The normalized spacial score (nSPS) is 11.9. The Labute approximate surface area is 138 Å². The van der Waals surface area contributed by atoms with E-state index in [0.29, 0.717) is 16.6 Å². The number of nitrogens with zero attached hydrogens (tertiary/aromatic N) is 1. The number of hydrogen-bond donors (Lipinski definition) is 2. The van der Waals surface area contributed by atoms with E-state index >= 15 is 0 Å². The van der Waals surface area contributed by atoms with Crippen LogP contribution in [0.4, 0.5) is 5.69 Å². The van der Waals surface area contributed by atoms with Gasteiger partial charge in [-0.05, 0) is 0 Å². The van der Waals surface area contributed by atoms with Crippen LogP contribution in [-0.4, -0.2) is 57.2 Å². The van der Waals surface area contributed by atoms with Crippen LogP contribution in [0.15, 0.2) is 18.2 Å². The number of hydrogen-bond acceptors (Lipinski definition) is 7. The first-order chi connectivity index (χ1) is 10.5. The zero-order valence-corrected chi connectivity index (χ0v) is 14.5. The van der Waals surface area contributed by atoms with Crippen LogP contribution < -0.4 is 9.07 Å². The van der Waals surface area contributed by atoms with Crippen molar-refractivity contribution in [2.75, 3.05) is 20.0 Å². The van der Waals surface area contributed by atoms with Crippen molar-refractivity contribution in [2.24, 2.45) is 0 Å². The summed E-state index contributed by atoms with van der Waals surface area (Å²) in [7, 11) is 2.95. The summed E-state index contributed by atoms with van der Waals surface area (Å²) in [5.41, 5.74) is 0.517. The number of ether oxygens (including phenoxy) is 1. The molecular formula is C12H16N2O6SSe. The first-order valence-corrected chi connectivity index (χ1v) is 9.04. The fraction of sp³-hybridized carbons (Fsp3) is 0.417. The average molecular weight is 395 g/mol. The molecule has 0 radical (unpaired) electrons. The number of nitrogens with one attached hydrogen (secondary N) is 1. The van der Waals surface area contributed by atoms with E-state index in [9.17, 15) is 14.9 Å². The second-order valence-corrected chi connectivity index (χ2v) is 6.61. The number of rotatable bonds is 10. The van der Waals surface area contributed by atoms with Crippen LogP contribution in [0.5, 0.6) is 5.75 Å². The molecule has 0 saturated carbocycles. The molecule has 0 aliphatic carbocycles. The third kappa shape index (κ3) is 5.82. The van der Waals surface area contributed by atoms with Gasteiger partial charge in [0, 0.05) is 0 Å². The van der Waals surface area contributed by atoms with E-state index in [2.05, 4.69) is 4.33 Å². The fourth-order valence-corrected chi connectivity index (χ4v) is 4.03. The zero-order valence-electron chi connectivity index (χ0n) is 12.0. The third-order valence-corrected chi connectivity index (χ3v) is 5.19. The fourth-order valence-electron chi connectivity index (χ4n) is 1.49. The van der Waals surface area contributed by atoms with E-state index in [1.807, 2.05) is 0 Å². The van der Waals surface area contributed by atoms with Gasteiger partial charge in [-0.1, -0.05) is 0 Å². The predicted octanol–water partition coefficient (Wildman–Crippen LogP) is 1.06. The average Bonchev–Trinajstić information content (AvgIpc) is 2.49. The number of carbonyl (C=O) groups is 1. The Morgan fingerprint density at radius 3 is 2.82 bits per heavy atom. The van der Waals surface area contributed by atoms with Gasteiger partial charge < -0.3 is 0 Å². The number of benzene rings is 1.